The molecule has 2 N–H and O–H groups in total. The Hall–Kier alpha value is -1.85. The summed E-state index contributed by atoms with van der Waals surface area (Å²) in [4.78, 5) is 0. The van der Waals surface area contributed by atoms with E-state index in [1.165, 1.54) is 11.3 Å². The molecule has 23 heavy (non-hydrogen) atoms. The molecule has 0 saturated heterocycles. The van der Waals surface area contributed by atoms with Gasteiger partial charge >= 0.3 is 0 Å². The second-order valence-electron chi connectivity index (χ2n) is 5.88. The maximum absolute atomic E-state index is 10.0. The van der Waals surface area contributed by atoms with Crippen molar-refractivity contribution in [3.63, 3.8) is 0 Å². The SMILES string of the molecule is CCn1nc(C)c(CNCC(O)COc2cccc(C)c2)c1C. The van der Waals surface area contributed by atoms with Gasteiger partial charge in [-0.05, 0) is 45.4 Å². The number of aliphatic hydroxyl groups is 1. The van der Waals surface area contributed by atoms with Gasteiger partial charge in [0.1, 0.15) is 18.5 Å². The molecule has 0 saturated carbocycles. The van der Waals surface area contributed by atoms with Crippen LogP contribution in [-0.2, 0) is 13.1 Å². The Morgan fingerprint density at radius 3 is 2.74 bits per heavy atom. The van der Waals surface area contributed by atoms with E-state index < -0.39 is 6.10 Å². The number of aliphatic hydroxyl groups excluding tert-OH is 1. The van der Waals surface area contributed by atoms with Crippen LogP contribution in [0.5, 0.6) is 5.75 Å². The van der Waals surface area contributed by atoms with Gasteiger partial charge in [-0.3, -0.25) is 4.68 Å². The van der Waals surface area contributed by atoms with Gasteiger partial charge in [0.15, 0.2) is 0 Å². The quantitative estimate of drug-likeness (QED) is 0.785. The Labute approximate surface area is 138 Å². The van der Waals surface area contributed by atoms with Crippen LogP contribution in [0.25, 0.3) is 0 Å². The van der Waals surface area contributed by atoms with Crippen molar-refractivity contribution < 1.29 is 9.84 Å². The first kappa shape index (κ1) is 17.5. The summed E-state index contributed by atoms with van der Waals surface area (Å²) in [6.45, 7) is 10.6. The monoisotopic (exact) mass is 317 g/mol. The molecule has 126 valence electrons. The zero-order chi connectivity index (χ0) is 16.8. The van der Waals surface area contributed by atoms with E-state index in [-0.39, 0.29) is 6.61 Å². The van der Waals surface area contributed by atoms with Crippen molar-refractivity contribution in [1.82, 2.24) is 15.1 Å². The molecule has 1 aromatic heterocycles. The van der Waals surface area contributed by atoms with Crippen LogP contribution in [0.15, 0.2) is 24.3 Å². The number of aromatic nitrogens is 2. The Bertz CT molecular complexity index is 637. The van der Waals surface area contributed by atoms with Crippen molar-refractivity contribution in [2.45, 2.75) is 46.9 Å². The first-order chi connectivity index (χ1) is 11.0. The third-order valence-corrected chi connectivity index (χ3v) is 3.94. The molecule has 1 heterocycles. The van der Waals surface area contributed by atoms with E-state index in [1.54, 1.807) is 0 Å². The zero-order valence-corrected chi connectivity index (χ0v) is 14.5. The molecule has 1 atom stereocenters. The highest BCUT2D eigenvalue weighted by Gasteiger charge is 2.11. The molecule has 2 rings (SSSR count). The highest BCUT2D eigenvalue weighted by Crippen LogP contribution is 2.13. The minimum Gasteiger partial charge on any atom is -0.491 e. The summed E-state index contributed by atoms with van der Waals surface area (Å²) in [6, 6.07) is 7.84. The summed E-state index contributed by atoms with van der Waals surface area (Å²) in [7, 11) is 0. The van der Waals surface area contributed by atoms with E-state index >= 15 is 0 Å². The van der Waals surface area contributed by atoms with Crippen molar-refractivity contribution in [2.24, 2.45) is 0 Å². The lowest BCUT2D eigenvalue weighted by atomic mass is 10.2. The minimum atomic E-state index is -0.544. The summed E-state index contributed by atoms with van der Waals surface area (Å²) >= 11 is 0. The van der Waals surface area contributed by atoms with Gasteiger partial charge in [0.2, 0.25) is 0 Å². The summed E-state index contributed by atoms with van der Waals surface area (Å²) in [5.74, 6) is 0.792. The highest BCUT2D eigenvalue weighted by atomic mass is 16.5. The third kappa shape index (κ3) is 4.81. The summed E-state index contributed by atoms with van der Waals surface area (Å²) in [5.41, 5.74) is 4.58. The molecule has 5 heteroatoms. The molecule has 0 aliphatic rings. The van der Waals surface area contributed by atoms with Gasteiger partial charge in [-0.2, -0.15) is 5.10 Å². The number of nitrogens with one attached hydrogen (secondary N) is 1. The Balaban J connectivity index is 1.77. The van der Waals surface area contributed by atoms with Gasteiger partial charge in [0.25, 0.3) is 0 Å². The molecule has 0 aliphatic carbocycles. The third-order valence-electron chi connectivity index (χ3n) is 3.94. The van der Waals surface area contributed by atoms with Gasteiger partial charge in [0, 0.05) is 30.9 Å². The summed E-state index contributed by atoms with van der Waals surface area (Å²) in [5, 5.41) is 17.8. The zero-order valence-electron chi connectivity index (χ0n) is 14.5. The van der Waals surface area contributed by atoms with Crippen LogP contribution in [-0.4, -0.2) is 34.1 Å². The number of nitrogens with zero attached hydrogens (tertiary/aromatic N) is 2. The fourth-order valence-corrected chi connectivity index (χ4v) is 2.62. The average molecular weight is 317 g/mol. The number of benzene rings is 1. The van der Waals surface area contributed by atoms with Crippen molar-refractivity contribution in [3.05, 3.63) is 46.8 Å². The fraction of sp³-hybridized carbons (Fsp3) is 0.500. The average Bonchev–Trinajstić information content (AvgIpc) is 2.80. The standard InChI is InChI=1S/C18H27N3O2/c1-5-21-15(4)18(14(3)20-21)11-19-10-16(22)12-23-17-8-6-7-13(2)9-17/h6-9,16,19,22H,5,10-12H2,1-4H3. The molecule has 0 aliphatic heterocycles. The Kier molecular flexibility index (Phi) is 6.19. The molecule has 0 bridgehead atoms. The van der Waals surface area contributed by atoms with Gasteiger partial charge in [0.05, 0.1) is 5.69 Å². The topological polar surface area (TPSA) is 59.3 Å². The second kappa shape index (κ2) is 8.13. The lowest BCUT2D eigenvalue weighted by Crippen LogP contribution is -2.31. The number of hydrogen-bond donors (Lipinski definition) is 2. The van der Waals surface area contributed by atoms with E-state index in [0.717, 1.165) is 23.6 Å². The molecule has 0 radical (unpaired) electrons. The van der Waals surface area contributed by atoms with Crippen LogP contribution in [0.1, 0.15) is 29.4 Å². The van der Waals surface area contributed by atoms with Gasteiger partial charge in [-0.15, -0.1) is 0 Å². The predicted molar refractivity (Wildman–Crippen MR) is 91.8 cm³/mol. The molecule has 5 nitrogen and oxygen atoms in total. The smallest absolute Gasteiger partial charge is 0.119 e. The molecular weight excluding hydrogens is 290 g/mol. The number of hydrogen-bond acceptors (Lipinski definition) is 4. The lowest BCUT2D eigenvalue weighted by molar-refractivity contribution is 0.106. The highest BCUT2D eigenvalue weighted by molar-refractivity contribution is 5.27. The first-order valence-corrected chi connectivity index (χ1v) is 8.12. The predicted octanol–water partition coefficient (Wildman–Crippen LogP) is 2.36. The van der Waals surface area contributed by atoms with Gasteiger partial charge in [-0.25, -0.2) is 0 Å². The van der Waals surface area contributed by atoms with Crippen molar-refractivity contribution in [3.8, 4) is 5.75 Å². The van der Waals surface area contributed by atoms with Gasteiger partial charge < -0.3 is 15.2 Å². The lowest BCUT2D eigenvalue weighted by Gasteiger charge is -2.14. The van der Waals surface area contributed by atoms with E-state index in [2.05, 4.69) is 24.3 Å². The molecular formula is C18H27N3O2. The molecule has 2 aromatic rings. The van der Waals surface area contributed by atoms with E-state index in [4.69, 9.17) is 4.74 Å². The van der Waals surface area contributed by atoms with Crippen molar-refractivity contribution in [2.75, 3.05) is 13.2 Å². The maximum atomic E-state index is 10.0. The Morgan fingerprint density at radius 1 is 1.30 bits per heavy atom. The number of aryl methyl sites for hydroxylation is 3. The normalized spacial score (nSPS) is 12.4. The largest absolute Gasteiger partial charge is 0.491 e. The number of rotatable bonds is 8. The van der Waals surface area contributed by atoms with Crippen molar-refractivity contribution >= 4 is 0 Å². The first-order valence-electron chi connectivity index (χ1n) is 8.12. The van der Waals surface area contributed by atoms with E-state index in [1.807, 2.05) is 42.8 Å². The molecule has 1 unspecified atom stereocenters. The minimum absolute atomic E-state index is 0.280. The van der Waals surface area contributed by atoms with E-state index in [0.29, 0.717) is 13.1 Å². The summed E-state index contributed by atoms with van der Waals surface area (Å²) < 4.78 is 7.62. The van der Waals surface area contributed by atoms with Crippen molar-refractivity contribution in [1.29, 1.82) is 0 Å². The van der Waals surface area contributed by atoms with Crippen LogP contribution in [0, 0.1) is 20.8 Å². The van der Waals surface area contributed by atoms with Crippen LogP contribution >= 0.6 is 0 Å². The molecule has 0 spiro atoms. The van der Waals surface area contributed by atoms with Crippen LogP contribution in [0.2, 0.25) is 0 Å². The van der Waals surface area contributed by atoms with E-state index in [9.17, 15) is 5.11 Å². The fourth-order valence-electron chi connectivity index (χ4n) is 2.62. The van der Waals surface area contributed by atoms with Crippen LogP contribution < -0.4 is 10.1 Å². The second-order valence-corrected chi connectivity index (χ2v) is 5.88. The Morgan fingerprint density at radius 2 is 2.09 bits per heavy atom. The van der Waals surface area contributed by atoms with Gasteiger partial charge in [-0.1, -0.05) is 12.1 Å². The maximum Gasteiger partial charge on any atom is 0.119 e. The number of ether oxygens (including phenoxy) is 1. The molecule has 1 aromatic carbocycles. The molecule has 0 amide bonds. The van der Waals surface area contributed by atoms with Crippen LogP contribution in [0.3, 0.4) is 0 Å². The molecule has 0 fully saturated rings. The summed E-state index contributed by atoms with van der Waals surface area (Å²) in [6.07, 6.45) is -0.544. The van der Waals surface area contributed by atoms with Crippen LogP contribution in [0.4, 0.5) is 0 Å².